The molecule has 0 spiro atoms. The Hall–Kier alpha value is -3.53. The molecule has 4 rings (SSSR count). The highest BCUT2D eigenvalue weighted by Gasteiger charge is 2.35. The molecule has 4 N–H and O–H groups in total. The maximum Gasteiger partial charge on any atom is 0.419 e. The van der Waals surface area contributed by atoms with E-state index in [9.17, 15) is 22.4 Å². The second-order valence-corrected chi connectivity index (χ2v) is 8.85. The van der Waals surface area contributed by atoms with Crippen LogP contribution in [0.25, 0.3) is 0 Å². The topological polar surface area (TPSA) is 92.9 Å². The van der Waals surface area contributed by atoms with Crippen LogP contribution in [0.1, 0.15) is 46.7 Å². The summed E-state index contributed by atoms with van der Waals surface area (Å²) in [4.78, 5) is 19.3. The van der Waals surface area contributed by atoms with Crippen molar-refractivity contribution in [3.05, 3.63) is 82.4 Å². The molecular weight excluding hydrogens is 474 g/mol. The lowest BCUT2D eigenvalue weighted by Gasteiger charge is -2.23. The van der Waals surface area contributed by atoms with Crippen molar-refractivity contribution in [1.82, 2.24) is 15.3 Å². The second-order valence-electron chi connectivity index (χ2n) is 8.85. The molecule has 10 heteroatoms. The Balaban J connectivity index is 1.55. The van der Waals surface area contributed by atoms with Crippen molar-refractivity contribution in [1.29, 1.82) is 0 Å². The third-order valence-corrected chi connectivity index (χ3v) is 6.32. The number of primary amides is 1. The van der Waals surface area contributed by atoms with Crippen molar-refractivity contribution >= 4 is 17.5 Å². The van der Waals surface area contributed by atoms with Crippen LogP contribution >= 0.6 is 0 Å². The highest BCUT2D eigenvalue weighted by atomic mass is 19.4. The van der Waals surface area contributed by atoms with Gasteiger partial charge in [0.25, 0.3) is 0 Å². The quantitative estimate of drug-likeness (QED) is 0.391. The number of rotatable bonds is 8. The van der Waals surface area contributed by atoms with Crippen LogP contribution in [-0.4, -0.2) is 29.0 Å². The van der Waals surface area contributed by atoms with Gasteiger partial charge in [-0.25, -0.2) is 14.4 Å². The van der Waals surface area contributed by atoms with Gasteiger partial charge in [0.2, 0.25) is 11.9 Å². The van der Waals surface area contributed by atoms with E-state index in [0.717, 1.165) is 32.1 Å². The van der Waals surface area contributed by atoms with Crippen molar-refractivity contribution < 1.29 is 22.4 Å². The number of nitrogens with two attached hydrogens (primary N) is 1. The zero-order chi connectivity index (χ0) is 25.7. The van der Waals surface area contributed by atoms with Gasteiger partial charge in [-0.1, -0.05) is 30.3 Å². The molecule has 36 heavy (non-hydrogen) atoms. The first-order valence-corrected chi connectivity index (χ1v) is 11.8. The van der Waals surface area contributed by atoms with Gasteiger partial charge in [-0.05, 0) is 73.5 Å². The molecule has 1 saturated heterocycles. The van der Waals surface area contributed by atoms with Crippen molar-refractivity contribution in [2.45, 2.75) is 44.2 Å². The van der Waals surface area contributed by atoms with E-state index < -0.39 is 17.6 Å². The van der Waals surface area contributed by atoms with Crippen LogP contribution < -0.4 is 16.4 Å². The van der Waals surface area contributed by atoms with Crippen LogP contribution in [0, 0.1) is 5.82 Å². The predicted molar refractivity (Wildman–Crippen MR) is 128 cm³/mol. The Morgan fingerprint density at radius 3 is 2.47 bits per heavy atom. The van der Waals surface area contributed by atoms with Crippen molar-refractivity contribution in [2.75, 3.05) is 18.4 Å². The number of hydrogen-bond donors (Lipinski definition) is 3. The smallest absolute Gasteiger partial charge is 0.369 e. The number of nitrogens with zero attached hydrogens (tertiary/aromatic N) is 2. The molecule has 0 unspecified atom stereocenters. The molecular formula is C26H27F4N5O. The molecule has 0 saturated carbocycles. The second kappa shape index (κ2) is 11.0. The van der Waals surface area contributed by atoms with E-state index in [4.69, 9.17) is 5.73 Å². The third kappa shape index (κ3) is 6.37. The number of aryl methyl sites for hydroxylation is 2. The number of benzene rings is 2. The molecule has 3 aromatic rings. The lowest BCUT2D eigenvalue weighted by molar-refractivity contribution is -0.138. The van der Waals surface area contributed by atoms with E-state index in [-0.39, 0.29) is 42.6 Å². The molecule has 0 bridgehead atoms. The van der Waals surface area contributed by atoms with E-state index in [1.54, 1.807) is 36.4 Å². The Labute approximate surface area is 206 Å². The van der Waals surface area contributed by atoms with Crippen molar-refractivity contribution in [3.8, 4) is 0 Å². The fourth-order valence-electron chi connectivity index (χ4n) is 4.52. The molecule has 1 fully saturated rings. The number of carbonyl (C=O) groups excluding carboxylic acids is 1. The summed E-state index contributed by atoms with van der Waals surface area (Å²) in [6.45, 7) is 1.67. The van der Waals surface area contributed by atoms with Gasteiger partial charge in [0.15, 0.2) is 0 Å². The summed E-state index contributed by atoms with van der Waals surface area (Å²) in [5.74, 6) is -0.820. The molecule has 2 heterocycles. The van der Waals surface area contributed by atoms with Gasteiger partial charge >= 0.3 is 6.18 Å². The van der Waals surface area contributed by atoms with Gasteiger partial charge < -0.3 is 16.4 Å². The highest BCUT2D eigenvalue weighted by Crippen LogP contribution is 2.33. The summed E-state index contributed by atoms with van der Waals surface area (Å²) in [7, 11) is 0. The highest BCUT2D eigenvalue weighted by molar-refractivity contribution is 5.77. The van der Waals surface area contributed by atoms with Crippen molar-refractivity contribution in [2.24, 2.45) is 5.73 Å². The van der Waals surface area contributed by atoms with Gasteiger partial charge in [-0.2, -0.15) is 13.2 Å². The minimum atomic E-state index is -4.64. The Kier molecular flexibility index (Phi) is 7.83. The fraction of sp³-hybridized carbons (Fsp3) is 0.346. The first kappa shape index (κ1) is 25.6. The predicted octanol–water partition coefficient (Wildman–Crippen LogP) is 4.66. The third-order valence-electron chi connectivity index (χ3n) is 6.32. The number of halogens is 4. The number of anilines is 2. The number of alkyl halides is 3. The van der Waals surface area contributed by atoms with Crippen LogP contribution in [0.2, 0.25) is 0 Å². The van der Waals surface area contributed by atoms with E-state index in [1.807, 2.05) is 0 Å². The molecule has 6 nitrogen and oxygen atoms in total. The Morgan fingerprint density at radius 1 is 1.08 bits per heavy atom. The first-order chi connectivity index (χ1) is 17.2. The number of hydrogen-bond acceptors (Lipinski definition) is 5. The molecule has 190 valence electrons. The van der Waals surface area contributed by atoms with Crippen LogP contribution in [0.3, 0.4) is 0 Å². The van der Waals surface area contributed by atoms with Gasteiger partial charge in [0.1, 0.15) is 5.82 Å². The van der Waals surface area contributed by atoms with E-state index >= 15 is 0 Å². The monoisotopic (exact) mass is 501 g/mol. The van der Waals surface area contributed by atoms with Gasteiger partial charge in [-0.3, -0.25) is 4.79 Å². The van der Waals surface area contributed by atoms with Gasteiger partial charge in [0, 0.05) is 11.9 Å². The molecule has 0 aliphatic carbocycles. The average Bonchev–Trinajstić information content (AvgIpc) is 2.83. The van der Waals surface area contributed by atoms with E-state index in [0.29, 0.717) is 22.4 Å². The van der Waals surface area contributed by atoms with Crippen LogP contribution in [0.4, 0.5) is 29.2 Å². The maximum atomic E-state index is 14.8. The molecule has 1 aromatic heterocycles. The van der Waals surface area contributed by atoms with E-state index in [1.165, 1.54) is 6.07 Å². The summed E-state index contributed by atoms with van der Waals surface area (Å²) < 4.78 is 55.7. The SMILES string of the molecule is NC(=O)Cc1ccccc1CCc1nc(Nc2ccc(C3CCNCC3)c(F)c2)ncc1C(F)(F)F. The fourth-order valence-corrected chi connectivity index (χ4v) is 4.52. The zero-order valence-electron chi connectivity index (χ0n) is 19.5. The number of nitrogens with one attached hydrogen (secondary N) is 2. The maximum absolute atomic E-state index is 14.8. The molecule has 0 radical (unpaired) electrons. The molecule has 2 aromatic carbocycles. The zero-order valence-corrected chi connectivity index (χ0v) is 19.5. The summed E-state index contributed by atoms with van der Waals surface area (Å²) in [5.41, 5.74) is 6.52. The molecule has 0 atom stereocenters. The summed E-state index contributed by atoms with van der Waals surface area (Å²) in [6, 6.07) is 11.7. The number of aromatic nitrogens is 2. The van der Waals surface area contributed by atoms with Crippen LogP contribution in [-0.2, 0) is 30.2 Å². The molecule has 1 aliphatic heterocycles. The standard InChI is InChI=1S/C26H27F4N5O/c27-22-14-19(6-7-20(22)17-9-11-32-12-10-17)34-25-33-15-21(26(28,29)30)23(35-25)8-5-16-3-1-2-4-18(16)13-24(31)36/h1-4,6-7,14-15,17,32H,5,8-13H2,(H2,31,36)(H,33,34,35). The minimum Gasteiger partial charge on any atom is -0.369 e. The number of piperidine rings is 1. The van der Waals surface area contributed by atoms with Crippen LogP contribution in [0.15, 0.2) is 48.7 Å². The Bertz CT molecular complexity index is 1230. The summed E-state index contributed by atoms with van der Waals surface area (Å²) in [6.07, 6.45) is -2.02. The summed E-state index contributed by atoms with van der Waals surface area (Å²) in [5, 5.41) is 6.07. The molecule has 1 amide bonds. The summed E-state index contributed by atoms with van der Waals surface area (Å²) >= 11 is 0. The largest absolute Gasteiger partial charge is 0.419 e. The van der Waals surface area contributed by atoms with Gasteiger partial charge in [-0.15, -0.1) is 0 Å². The normalized spacial score (nSPS) is 14.6. The van der Waals surface area contributed by atoms with Crippen molar-refractivity contribution in [3.63, 3.8) is 0 Å². The Morgan fingerprint density at radius 2 is 1.81 bits per heavy atom. The first-order valence-electron chi connectivity index (χ1n) is 11.8. The number of carbonyl (C=O) groups is 1. The van der Waals surface area contributed by atoms with E-state index in [2.05, 4.69) is 20.6 Å². The average molecular weight is 502 g/mol. The minimum absolute atomic E-state index is 0.00217. The van der Waals surface area contributed by atoms with Crippen LogP contribution in [0.5, 0.6) is 0 Å². The lowest BCUT2D eigenvalue weighted by Crippen LogP contribution is -2.27. The molecule has 1 aliphatic rings. The lowest BCUT2D eigenvalue weighted by atomic mass is 9.90. The van der Waals surface area contributed by atoms with Gasteiger partial charge in [0.05, 0.1) is 17.7 Å². The number of amides is 1.